The second kappa shape index (κ2) is 7.41. The molecule has 0 aliphatic carbocycles. The summed E-state index contributed by atoms with van der Waals surface area (Å²) in [6.45, 7) is 0. The van der Waals surface area contributed by atoms with E-state index in [1.165, 1.54) is 6.07 Å². The first-order valence-electron chi connectivity index (χ1n) is 6.65. The van der Waals surface area contributed by atoms with Gasteiger partial charge in [0.2, 0.25) is 0 Å². The van der Waals surface area contributed by atoms with Crippen LogP contribution in [0.25, 0.3) is 0 Å². The quantitative estimate of drug-likeness (QED) is 0.637. The molecule has 2 aromatic rings. The number of methoxy groups -OCH3 is 1. The van der Waals surface area contributed by atoms with Crippen LogP contribution in [0.1, 0.15) is 11.1 Å². The number of halogens is 2. The molecule has 0 aliphatic rings. The fourth-order valence-corrected chi connectivity index (χ4v) is 2.30. The molecule has 1 unspecified atom stereocenters. The Morgan fingerprint density at radius 2 is 1.76 bits per heavy atom. The Labute approximate surface area is 128 Å². The van der Waals surface area contributed by atoms with Gasteiger partial charge in [-0.3, -0.25) is 11.3 Å². The van der Waals surface area contributed by atoms with Crippen molar-refractivity contribution in [3.05, 3.63) is 64.4 Å². The predicted molar refractivity (Wildman–Crippen MR) is 82.9 cm³/mol. The van der Waals surface area contributed by atoms with Gasteiger partial charge < -0.3 is 4.74 Å². The third kappa shape index (κ3) is 4.43. The van der Waals surface area contributed by atoms with Crippen LogP contribution >= 0.6 is 11.6 Å². The Bertz CT molecular complexity index is 589. The smallest absolute Gasteiger partial charge is 0.142 e. The Hall–Kier alpha value is -1.62. The van der Waals surface area contributed by atoms with Crippen LogP contribution < -0.4 is 16.0 Å². The van der Waals surface area contributed by atoms with E-state index < -0.39 is 5.82 Å². The SMILES string of the molecule is COc1ccc(CC(Cc2ccc(Cl)c(F)c2)NN)cc1. The minimum atomic E-state index is -0.408. The summed E-state index contributed by atoms with van der Waals surface area (Å²) in [5.41, 5.74) is 4.76. The lowest BCUT2D eigenvalue weighted by molar-refractivity contribution is 0.414. The number of hydrogen-bond acceptors (Lipinski definition) is 3. The van der Waals surface area contributed by atoms with Crippen molar-refractivity contribution in [1.29, 1.82) is 0 Å². The molecule has 0 fully saturated rings. The van der Waals surface area contributed by atoms with Crippen molar-refractivity contribution >= 4 is 11.6 Å². The van der Waals surface area contributed by atoms with Gasteiger partial charge in [-0.25, -0.2) is 4.39 Å². The first kappa shape index (κ1) is 15.8. The summed E-state index contributed by atoms with van der Waals surface area (Å²) < 4.78 is 18.6. The molecular weight excluding hydrogens is 291 g/mol. The maximum Gasteiger partial charge on any atom is 0.142 e. The van der Waals surface area contributed by atoms with Crippen molar-refractivity contribution in [2.75, 3.05) is 7.11 Å². The van der Waals surface area contributed by atoms with Crippen molar-refractivity contribution in [3.63, 3.8) is 0 Å². The largest absolute Gasteiger partial charge is 0.497 e. The van der Waals surface area contributed by atoms with E-state index in [2.05, 4.69) is 5.43 Å². The van der Waals surface area contributed by atoms with E-state index in [0.717, 1.165) is 23.3 Å². The monoisotopic (exact) mass is 308 g/mol. The molecule has 0 amide bonds. The molecule has 2 aromatic carbocycles. The third-order valence-electron chi connectivity index (χ3n) is 3.34. The summed E-state index contributed by atoms with van der Waals surface area (Å²) in [5, 5.41) is 0.131. The summed E-state index contributed by atoms with van der Waals surface area (Å²) in [6.07, 6.45) is 1.36. The van der Waals surface area contributed by atoms with E-state index in [0.29, 0.717) is 6.42 Å². The zero-order valence-corrected chi connectivity index (χ0v) is 12.5. The molecular formula is C16H18ClFN2O. The molecule has 3 N–H and O–H groups in total. The minimum Gasteiger partial charge on any atom is -0.497 e. The van der Waals surface area contributed by atoms with Gasteiger partial charge in [0.05, 0.1) is 12.1 Å². The molecule has 0 radical (unpaired) electrons. The van der Waals surface area contributed by atoms with E-state index in [-0.39, 0.29) is 11.1 Å². The molecule has 0 spiro atoms. The summed E-state index contributed by atoms with van der Waals surface area (Å²) in [6, 6.07) is 12.6. The molecule has 2 rings (SSSR count). The lowest BCUT2D eigenvalue weighted by Gasteiger charge is -2.16. The highest BCUT2D eigenvalue weighted by Gasteiger charge is 2.10. The van der Waals surface area contributed by atoms with Gasteiger partial charge in [-0.1, -0.05) is 29.8 Å². The maximum atomic E-state index is 13.4. The molecule has 0 aromatic heterocycles. The predicted octanol–water partition coefficient (Wildman–Crippen LogP) is 3.10. The van der Waals surface area contributed by atoms with Crippen LogP contribution in [0.15, 0.2) is 42.5 Å². The zero-order chi connectivity index (χ0) is 15.2. The topological polar surface area (TPSA) is 47.3 Å². The van der Waals surface area contributed by atoms with Crippen LogP contribution in [0.4, 0.5) is 4.39 Å². The van der Waals surface area contributed by atoms with Gasteiger partial charge in [-0.2, -0.15) is 0 Å². The second-order valence-electron chi connectivity index (χ2n) is 4.87. The molecule has 1 atom stereocenters. The summed E-state index contributed by atoms with van der Waals surface area (Å²) in [4.78, 5) is 0. The zero-order valence-electron chi connectivity index (χ0n) is 11.8. The van der Waals surface area contributed by atoms with Crippen LogP contribution in [0.5, 0.6) is 5.75 Å². The normalized spacial score (nSPS) is 12.2. The highest BCUT2D eigenvalue weighted by molar-refractivity contribution is 6.30. The molecule has 0 saturated carbocycles. The van der Waals surface area contributed by atoms with Crippen LogP contribution in [0, 0.1) is 5.82 Å². The summed E-state index contributed by atoms with van der Waals surface area (Å²) in [5.74, 6) is 6.01. The van der Waals surface area contributed by atoms with Crippen LogP contribution in [-0.2, 0) is 12.8 Å². The highest BCUT2D eigenvalue weighted by atomic mass is 35.5. The van der Waals surface area contributed by atoms with E-state index in [9.17, 15) is 4.39 Å². The van der Waals surface area contributed by atoms with Crippen LogP contribution in [0.2, 0.25) is 5.02 Å². The summed E-state index contributed by atoms with van der Waals surface area (Å²) in [7, 11) is 1.63. The Balaban J connectivity index is 2.03. The van der Waals surface area contributed by atoms with E-state index in [1.807, 2.05) is 30.3 Å². The Morgan fingerprint density at radius 1 is 1.14 bits per heavy atom. The van der Waals surface area contributed by atoms with Crippen molar-refractivity contribution in [3.8, 4) is 5.75 Å². The number of benzene rings is 2. The number of nitrogens with two attached hydrogens (primary N) is 1. The average Bonchev–Trinajstić information content (AvgIpc) is 2.51. The maximum absolute atomic E-state index is 13.4. The molecule has 5 heteroatoms. The van der Waals surface area contributed by atoms with Crippen molar-refractivity contribution in [2.45, 2.75) is 18.9 Å². The van der Waals surface area contributed by atoms with Crippen LogP contribution in [-0.4, -0.2) is 13.2 Å². The summed E-state index contributed by atoms with van der Waals surface area (Å²) >= 11 is 5.68. The second-order valence-corrected chi connectivity index (χ2v) is 5.28. The van der Waals surface area contributed by atoms with Crippen molar-refractivity contribution in [1.82, 2.24) is 5.43 Å². The first-order valence-corrected chi connectivity index (χ1v) is 7.03. The van der Waals surface area contributed by atoms with Crippen molar-refractivity contribution in [2.24, 2.45) is 5.84 Å². The molecule has 21 heavy (non-hydrogen) atoms. The number of nitrogens with one attached hydrogen (secondary N) is 1. The Kier molecular flexibility index (Phi) is 5.56. The van der Waals surface area contributed by atoms with E-state index >= 15 is 0 Å². The molecule has 0 aliphatic heterocycles. The number of rotatable bonds is 6. The fraction of sp³-hybridized carbons (Fsp3) is 0.250. The first-order chi connectivity index (χ1) is 10.1. The molecule has 0 heterocycles. The minimum absolute atomic E-state index is 0.0129. The fourth-order valence-electron chi connectivity index (χ4n) is 2.19. The lowest BCUT2D eigenvalue weighted by atomic mass is 9.99. The molecule has 0 saturated heterocycles. The van der Waals surface area contributed by atoms with E-state index in [4.69, 9.17) is 22.2 Å². The Morgan fingerprint density at radius 3 is 2.33 bits per heavy atom. The van der Waals surface area contributed by atoms with Crippen LogP contribution in [0.3, 0.4) is 0 Å². The van der Waals surface area contributed by atoms with Gasteiger partial charge in [0.15, 0.2) is 0 Å². The van der Waals surface area contributed by atoms with E-state index in [1.54, 1.807) is 13.2 Å². The van der Waals surface area contributed by atoms with Gasteiger partial charge in [-0.05, 0) is 48.2 Å². The molecule has 112 valence electrons. The van der Waals surface area contributed by atoms with Crippen molar-refractivity contribution < 1.29 is 9.13 Å². The number of hydrogen-bond donors (Lipinski definition) is 2. The standard InChI is InChI=1S/C16H18ClFN2O/c1-21-14-5-2-11(3-6-14)8-13(20-19)9-12-4-7-15(17)16(18)10-12/h2-7,10,13,20H,8-9,19H2,1H3. The lowest BCUT2D eigenvalue weighted by Crippen LogP contribution is -2.38. The molecule has 0 bridgehead atoms. The van der Waals surface area contributed by atoms with Gasteiger partial charge >= 0.3 is 0 Å². The highest BCUT2D eigenvalue weighted by Crippen LogP contribution is 2.18. The number of ether oxygens (including phenoxy) is 1. The van der Waals surface area contributed by atoms with Gasteiger partial charge in [0.1, 0.15) is 11.6 Å². The molecule has 3 nitrogen and oxygen atoms in total. The number of hydrazine groups is 1. The van der Waals surface area contributed by atoms with Gasteiger partial charge in [0, 0.05) is 6.04 Å². The van der Waals surface area contributed by atoms with Gasteiger partial charge in [-0.15, -0.1) is 0 Å². The van der Waals surface area contributed by atoms with Gasteiger partial charge in [0.25, 0.3) is 0 Å². The average molecular weight is 309 g/mol. The third-order valence-corrected chi connectivity index (χ3v) is 3.65.